The highest BCUT2D eigenvalue weighted by atomic mass is 16.5. The second kappa shape index (κ2) is 13.2. The molecular formula is C29H44N6O3. The molecule has 0 aromatic carbocycles. The van der Waals surface area contributed by atoms with E-state index in [1.807, 2.05) is 18.3 Å². The zero-order chi connectivity index (χ0) is 26.2. The molecule has 2 saturated heterocycles. The third-order valence-corrected chi connectivity index (χ3v) is 7.99. The second-order valence-electron chi connectivity index (χ2n) is 10.5. The van der Waals surface area contributed by atoms with Crippen LogP contribution in [-0.2, 0) is 11.2 Å². The summed E-state index contributed by atoms with van der Waals surface area (Å²) in [4.78, 5) is 28.2. The molecule has 6 rings (SSSR count). The largest absolute Gasteiger partial charge is 0.489 e. The van der Waals surface area contributed by atoms with Crippen LogP contribution in [0.15, 0.2) is 30.6 Å². The summed E-state index contributed by atoms with van der Waals surface area (Å²) in [5.74, 6) is 3.00. The first kappa shape index (κ1) is 26.7. The van der Waals surface area contributed by atoms with Crippen molar-refractivity contribution in [3.05, 3.63) is 41.7 Å². The van der Waals surface area contributed by atoms with Gasteiger partial charge in [0, 0.05) is 71.1 Å². The molecule has 4 aliphatic rings. The highest BCUT2D eigenvalue weighted by molar-refractivity contribution is 5.94. The molecule has 0 bridgehead atoms. The number of carbonyl (C=O) groups is 1. The number of nitrogens with zero attached hydrogens (tertiary/aromatic N) is 5. The number of carbonyl (C=O) groups excluding carboxylic acids is 1. The van der Waals surface area contributed by atoms with E-state index in [1.165, 1.54) is 24.8 Å². The number of amides is 1. The third-order valence-electron chi connectivity index (χ3n) is 7.99. The number of hydrogen-bond acceptors (Lipinski definition) is 8. The maximum absolute atomic E-state index is 12.2. The van der Waals surface area contributed by atoms with Crippen LogP contribution in [0.25, 0.3) is 0 Å². The smallest absolute Gasteiger partial charge is 0.253 e. The molecule has 0 radical (unpaired) electrons. The lowest BCUT2D eigenvalue weighted by atomic mass is 9.95. The van der Waals surface area contributed by atoms with Gasteiger partial charge in [-0.15, -0.1) is 0 Å². The molecule has 2 aromatic heterocycles. The Labute approximate surface area is 228 Å². The highest BCUT2D eigenvalue weighted by Crippen LogP contribution is 2.34. The van der Waals surface area contributed by atoms with E-state index in [9.17, 15) is 4.79 Å². The first-order valence-electron chi connectivity index (χ1n) is 14.4. The lowest BCUT2D eigenvalue weighted by molar-refractivity contribution is 0.0927. The normalized spacial score (nSPS) is 20.2. The summed E-state index contributed by atoms with van der Waals surface area (Å²) >= 11 is 0. The predicted molar refractivity (Wildman–Crippen MR) is 151 cm³/mol. The molecule has 1 amide bonds. The number of pyridine rings is 2. The van der Waals surface area contributed by atoms with E-state index in [4.69, 9.17) is 9.47 Å². The Morgan fingerprint density at radius 3 is 2.47 bits per heavy atom. The van der Waals surface area contributed by atoms with Crippen LogP contribution in [0, 0.1) is 0 Å². The van der Waals surface area contributed by atoms with Crippen LogP contribution < -0.4 is 19.9 Å². The number of hydrogen-bond donors (Lipinski definition) is 1. The Kier molecular flexibility index (Phi) is 9.30. The minimum absolute atomic E-state index is 0. The number of fused-ring (bicyclic) bond motifs is 1. The monoisotopic (exact) mass is 524 g/mol. The van der Waals surface area contributed by atoms with Crippen LogP contribution in [0.2, 0.25) is 0 Å². The van der Waals surface area contributed by atoms with Crippen LogP contribution in [0.4, 0.5) is 11.6 Å². The van der Waals surface area contributed by atoms with Crippen molar-refractivity contribution in [3.8, 4) is 5.75 Å². The van der Waals surface area contributed by atoms with Crippen LogP contribution in [-0.4, -0.2) is 92.5 Å². The first-order valence-corrected chi connectivity index (χ1v) is 14.4. The van der Waals surface area contributed by atoms with Gasteiger partial charge in [-0.3, -0.25) is 4.79 Å². The average Bonchev–Trinajstić information content (AvgIpc) is 3.48. The summed E-state index contributed by atoms with van der Waals surface area (Å²) in [5.41, 5.74) is 1.96. The maximum Gasteiger partial charge on any atom is 0.253 e. The molecule has 3 aliphatic heterocycles. The zero-order valence-corrected chi connectivity index (χ0v) is 22.7. The van der Waals surface area contributed by atoms with Crippen molar-refractivity contribution in [2.75, 3.05) is 75.4 Å². The maximum atomic E-state index is 12.2. The lowest BCUT2D eigenvalue weighted by Crippen LogP contribution is -2.46. The Bertz CT molecular complexity index is 1040. The van der Waals surface area contributed by atoms with Crippen LogP contribution >= 0.6 is 0 Å². The second-order valence-corrected chi connectivity index (χ2v) is 10.5. The summed E-state index contributed by atoms with van der Waals surface area (Å²) in [7, 11) is 0. The van der Waals surface area contributed by atoms with Gasteiger partial charge < -0.3 is 29.5 Å². The number of rotatable bonds is 5. The SMILES string of the molecule is CCN1CCN(c2nccc3c2OCC3)CC1.O=C(NC1CCCCC1)c1ccc(N2CCOCC2)nc1.[HH]. The Balaban J connectivity index is 0.000000180. The number of morpholine rings is 1. The van der Waals surface area contributed by atoms with Crippen molar-refractivity contribution in [1.29, 1.82) is 0 Å². The van der Waals surface area contributed by atoms with Gasteiger partial charge in [0.1, 0.15) is 5.82 Å². The summed E-state index contributed by atoms with van der Waals surface area (Å²) in [6, 6.07) is 6.22. The van der Waals surface area contributed by atoms with Gasteiger partial charge in [-0.05, 0) is 37.6 Å². The minimum Gasteiger partial charge on any atom is -0.489 e. The molecule has 2 aromatic rings. The molecule has 0 atom stereocenters. The van der Waals surface area contributed by atoms with Gasteiger partial charge in [0.2, 0.25) is 0 Å². The Morgan fingerprint density at radius 2 is 1.76 bits per heavy atom. The van der Waals surface area contributed by atoms with E-state index < -0.39 is 0 Å². The van der Waals surface area contributed by atoms with E-state index in [2.05, 4.69) is 43.0 Å². The first-order chi connectivity index (χ1) is 18.7. The molecule has 1 N–H and O–H groups in total. The molecule has 38 heavy (non-hydrogen) atoms. The predicted octanol–water partition coefficient (Wildman–Crippen LogP) is 3.39. The molecule has 1 saturated carbocycles. The van der Waals surface area contributed by atoms with Crippen LogP contribution in [0.3, 0.4) is 0 Å². The summed E-state index contributed by atoms with van der Waals surface area (Å²) in [6.45, 7) is 11.7. The van der Waals surface area contributed by atoms with Gasteiger partial charge in [-0.2, -0.15) is 0 Å². The van der Waals surface area contributed by atoms with E-state index >= 15 is 0 Å². The van der Waals surface area contributed by atoms with Crippen molar-refractivity contribution >= 4 is 17.5 Å². The molecule has 9 heteroatoms. The minimum atomic E-state index is 0. The number of nitrogens with one attached hydrogen (secondary N) is 1. The zero-order valence-electron chi connectivity index (χ0n) is 22.7. The van der Waals surface area contributed by atoms with Gasteiger partial charge in [0.15, 0.2) is 11.6 Å². The fraction of sp³-hybridized carbons (Fsp3) is 0.621. The molecule has 0 unspecified atom stereocenters. The van der Waals surface area contributed by atoms with E-state index in [1.54, 1.807) is 6.20 Å². The quantitative estimate of drug-likeness (QED) is 0.638. The van der Waals surface area contributed by atoms with E-state index in [0.717, 1.165) is 102 Å². The van der Waals surface area contributed by atoms with Crippen molar-refractivity contribution < 1.29 is 15.7 Å². The van der Waals surface area contributed by atoms with Gasteiger partial charge in [-0.1, -0.05) is 26.2 Å². The molecular weight excluding hydrogens is 480 g/mol. The number of likely N-dealkylation sites (N-methyl/N-ethyl adjacent to an activating group) is 1. The van der Waals surface area contributed by atoms with Gasteiger partial charge >= 0.3 is 0 Å². The van der Waals surface area contributed by atoms with Gasteiger partial charge in [0.25, 0.3) is 5.91 Å². The molecule has 9 nitrogen and oxygen atoms in total. The number of anilines is 2. The van der Waals surface area contributed by atoms with Gasteiger partial charge in [0.05, 0.1) is 25.4 Å². The molecule has 3 fully saturated rings. The lowest BCUT2D eigenvalue weighted by Gasteiger charge is -2.35. The highest BCUT2D eigenvalue weighted by Gasteiger charge is 2.24. The Hall–Kier alpha value is -2.91. The van der Waals surface area contributed by atoms with Crippen molar-refractivity contribution in [2.45, 2.75) is 51.5 Å². The number of aromatic nitrogens is 2. The van der Waals surface area contributed by atoms with Crippen molar-refractivity contribution in [1.82, 2.24) is 20.2 Å². The summed E-state index contributed by atoms with van der Waals surface area (Å²) in [5, 5.41) is 3.12. The molecule has 208 valence electrons. The van der Waals surface area contributed by atoms with E-state index in [0.29, 0.717) is 11.6 Å². The summed E-state index contributed by atoms with van der Waals surface area (Å²) in [6.07, 6.45) is 10.6. The number of ether oxygens (including phenoxy) is 2. The van der Waals surface area contributed by atoms with Gasteiger partial charge in [-0.25, -0.2) is 9.97 Å². The fourth-order valence-corrected chi connectivity index (χ4v) is 5.61. The van der Waals surface area contributed by atoms with Crippen molar-refractivity contribution in [3.63, 3.8) is 0 Å². The summed E-state index contributed by atoms with van der Waals surface area (Å²) < 4.78 is 11.1. The van der Waals surface area contributed by atoms with Crippen LogP contribution in [0.1, 0.15) is 56.4 Å². The standard InChI is InChI=1S/C16H23N3O2.C13H19N3O.H2/c20-16(18-14-4-2-1-3-5-14)13-6-7-15(17-12-13)19-8-10-21-11-9-19;1-2-15-6-8-16(9-7-15)13-12-11(3-5-14-13)4-10-17-12;/h6-7,12,14H,1-5,8-11H2,(H,18,20);3,5H,2,4,6-10H2,1H3;1H. The average molecular weight is 525 g/mol. The Morgan fingerprint density at radius 1 is 0.974 bits per heavy atom. The van der Waals surface area contributed by atoms with E-state index in [-0.39, 0.29) is 7.33 Å². The molecule has 0 spiro atoms. The molecule has 1 aliphatic carbocycles. The van der Waals surface area contributed by atoms with Crippen molar-refractivity contribution in [2.24, 2.45) is 0 Å². The fourth-order valence-electron chi connectivity index (χ4n) is 5.61. The topological polar surface area (TPSA) is 83.1 Å². The van der Waals surface area contributed by atoms with Crippen LogP contribution in [0.5, 0.6) is 5.75 Å². The molecule has 5 heterocycles. The number of piperazine rings is 1. The third kappa shape index (κ3) is 6.74.